The molecule has 1 fully saturated rings. The molecule has 0 unspecified atom stereocenters. The Bertz CT molecular complexity index is 1230. The molecule has 0 saturated carbocycles. The number of likely N-dealkylation sites (tertiary alicyclic amines) is 1. The summed E-state index contributed by atoms with van der Waals surface area (Å²) in [4.78, 5) is 32.1. The van der Waals surface area contributed by atoms with Gasteiger partial charge in [-0.25, -0.2) is 9.78 Å². The fourth-order valence-corrected chi connectivity index (χ4v) is 4.76. The SMILES string of the molecule is COC(=O)N1CCC(Oc2cc(C(=O)NCc3ccc(Cl)cc3)c(OC)nc2-c2cc(C)ns2)CC1. The molecule has 3 aromatic rings. The Morgan fingerprint density at radius 2 is 1.89 bits per heavy atom. The molecule has 9 nitrogen and oxygen atoms in total. The van der Waals surface area contributed by atoms with Crippen LogP contribution in [0.3, 0.4) is 0 Å². The van der Waals surface area contributed by atoms with Crippen LogP contribution < -0.4 is 14.8 Å². The van der Waals surface area contributed by atoms with E-state index in [2.05, 4.69) is 14.7 Å². The number of nitrogens with one attached hydrogen (secondary N) is 1. The number of nitrogens with zero attached hydrogens (tertiary/aromatic N) is 3. The normalized spacial score (nSPS) is 13.8. The van der Waals surface area contributed by atoms with Crippen LogP contribution in [-0.4, -0.2) is 59.7 Å². The van der Waals surface area contributed by atoms with Crippen molar-refractivity contribution >= 4 is 35.1 Å². The Kier molecular flexibility index (Phi) is 8.27. The van der Waals surface area contributed by atoms with Crippen LogP contribution in [0.1, 0.15) is 34.5 Å². The van der Waals surface area contributed by atoms with Gasteiger partial charge in [0.1, 0.15) is 23.1 Å². The average Bonchev–Trinajstić information content (AvgIpc) is 3.33. The minimum atomic E-state index is -0.347. The number of halogens is 1. The highest BCUT2D eigenvalue weighted by molar-refractivity contribution is 7.09. The van der Waals surface area contributed by atoms with Crippen molar-refractivity contribution in [2.24, 2.45) is 0 Å². The molecule has 36 heavy (non-hydrogen) atoms. The molecule has 0 bridgehead atoms. The quantitative estimate of drug-likeness (QED) is 0.471. The third kappa shape index (κ3) is 6.06. The Balaban J connectivity index is 1.59. The predicted octanol–water partition coefficient (Wildman–Crippen LogP) is 4.72. The summed E-state index contributed by atoms with van der Waals surface area (Å²) in [5.74, 6) is 0.317. The third-order valence-corrected chi connectivity index (χ3v) is 6.93. The number of benzene rings is 1. The van der Waals surface area contributed by atoms with Crippen LogP contribution in [0.4, 0.5) is 4.79 Å². The van der Waals surface area contributed by atoms with Gasteiger partial charge in [0.2, 0.25) is 5.88 Å². The number of ether oxygens (including phenoxy) is 3. The first-order valence-electron chi connectivity index (χ1n) is 11.4. The molecule has 1 saturated heterocycles. The number of carbonyl (C=O) groups is 2. The standard InChI is InChI=1S/C25H27ClN4O5S/c1-15-12-21(36-29-15)22-20(35-18-8-10-30(11-9-18)25(32)34-3)13-19(24(28-22)33-2)23(31)27-14-16-4-6-17(26)7-5-16/h4-7,12-13,18H,8-11,14H2,1-3H3,(H,27,31). The fourth-order valence-electron chi connectivity index (χ4n) is 3.88. The number of hydrogen-bond acceptors (Lipinski definition) is 8. The van der Waals surface area contributed by atoms with E-state index < -0.39 is 0 Å². The first kappa shape index (κ1) is 25.7. The monoisotopic (exact) mass is 530 g/mol. The molecular weight excluding hydrogens is 504 g/mol. The zero-order chi connectivity index (χ0) is 25.7. The summed E-state index contributed by atoms with van der Waals surface area (Å²) in [6.45, 7) is 3.25. The minimum absolute atomic E-state index is 0.154. The highest BCUT2D eigenvalue weighted by Gasteiger charge is 2.27. The molecule has 2 aromatic heterocycles. The van der Waals surface area contributed by atoms with Crippen LogP contribution in [-0.2, 0) is 11.3 Å². The van der Waals surface area contributed by atoms with E-state index in [1.165, 1.54) is 25.8 Å². The molecule has 2 amide bonds. The average molecular weight is 531 g/mol. The van der Waals surface area contributed by atoms with Gasteiger partial charge in [0.15, 0.2) is 0 Å². The van der Waals surface area contributed by atoms with Crippen LogP contribution in [0.5, 0.6) is 11.6 Å². The number of rotatable bonds is 7. The molecule has 1 aliphatic rings. The summed E-state index contributed by atoms with van der Waals surface area (Å²) >= 11 is 7.25. The second kappa shape index (κ2) is 11.6. The van der Waals surface area contributed by atoms with Gasteiger partial charge in [-0.3, -0.25) is 4.79 Å². The Morgan fingerprint density at radius 3 is 2.50 bits per heavy atom. The summed E-state index contributed by atoms with van der Waals surface area (Å²) in [6.07, 6.45) is 0.750. The lowest BCUT2D eigenvalue weighted by molar-refractivity contribution is 0.0788. The van der Waals surface area contributed by atoms with E-state index in [-0.39, 0.29) is 29.5 Å². The summed E-state index contributed by atoms with van der Waals surface area (Å²) in [5.41, 5.74) is 2.59. The molecule has 4 rings (SSSR count). The summed E-state index contributed by atoms with van der Waals surface area (Å²) in [7, 11) is 2.85. The van der Waals surface area contributed by atoms with E-state index in [1.54, 1.807) is 23.1 Å². The zero-order valence-electron chi connectivity index (χ0n) is 20.2. The van der Waals surface area contributed by atoms with Gasteiger partial charge in [0.05, 0.1) is 24.8 Å². The van der Waals surface area contributed by atoms with Crippen molar-refractivity contribution in [2.45, 2.75) is 32.4 Å². The van der Waals surface area contributed by atoms with Crippen molar-refractivity contribution in [3.8, 4) is 22.2 Å². The van der Waals surface area contributed by atoms with Crippen molar-refractivity contribution in [3.05, 3.63) is 58.2 Å². The van der Waals surface area contributed by atoms with Crippen molar-refractivity contribution in [3.63, 3.8) is 0 Å². The van der Waals surface area contributed by atoms with Gasteiger partial charge >= 0.3 is 6.09 Å². The fraction of sp³-hybridized carbons (Fsp3) is 0.360. The molecular formula is C25H27ClN4O5S. The van der Waals surface area contributed by atoms with Gasteiger partial charge in [-0.2, -0.15) is 4.37 Å². The van der Waals surface area contributed by atoms with Gasteiger partial charge in [-0.05, 0) is 42.2 Å². The second-order valence-electron chi connectivity index (χ2n) is 8.31. The molecule has 0 aliphatic carbocycles. The van der Waals surface area contributed by atoms with Crippen molar-refractivity contribution in [1.29, 1.82) is 0 Å². The Labute approximate surface area is 218 Å². The summed E-state index contributed by atoms with van der Waals surface area (Å²) in [5, 5.41) is 3.53. The number of carbonyl (C=O) groups excluding carboxylic acids is 2. The van der Waals surface area contributed by atoms with E-state index >= 15 is 0 Å². The van der Waals surface area contributed by atoms with E-state index in [9.17, 15) is 9.59 Å². The van der Waals surface area contributed by atoms with Gasteiger partial charge in [-0.1, -0.05) is 23.7 Å². The van der Waals surface area contributed by atoms with E-state index in [1.807, 2.05) is 25.1 Å². The molecule has 1 aliphatic heterocycles. The van der Waals surface area contributed by atoms with Crippen LogP contribution in [0, 0.1) is 6.92 Å². The van der Waals surface area contributed by atoms with E-state index in [0.29, 0.717) is 48.9 Å². The van der Waals surface area contributed by atoms with Gasteiger partial charge in [-0.15, -0.1) is 0 Å². The van der Waals surface area contributed by atoms with Crippen LogP contribution >= 0.6 is 23.1 Å². The third-order valence-electron chi connectivity index (χ3n) is 5.79. The predicted molar refractivity (Wildman–Crippen MR) is 137 cm³/mol. The Morgan fingerprint density at radius 1 is 1.17 bits per heavy atom. The van der Waals surface area contributed by atoms with Crippen molar-refractivity contribution in [2.75, 3.05) is 27.3 Å². The smallest absolute Gasteiger partial charge is 0.409 e. The lowest BCUT2D eigenvalue weighted by atomic mass is 10.1. The van der Waals surface area contributed by atoms with Crippen LogP contribution in [0.2, 0.25) is 5.02 Å². The highest BCUT2D eigenvalue weighted by atomic mass is 35.5. The number of pyridine rings is 1. The Hall–Kier alpha value is -3.37. The molecule has 3 heterocycles. The molecule has 11 heteroatoms. The molecule has 0 spiro atoms. The topological polar surface area (TPSA) is 103 Å². The van der Waals surface area contributed by atoms with Gasteiger partial charge in [0.25, 0.3) is 5.91 Å². The summed E-state index contributed by atoms with van der Waals surface area (Å²) < 4.78 is 21.0. The van der Waals surface area contributed by atoms with Crippen molar-refractivity contribution in [1.82, 2.24) is 19.6 Å². The second-order valence-corrected chi connectivity index (χ2v) is 9.55. The lowest BCUT2D eigenvalue weighted by Gasteiger charge is -2.31. The first-order chi connectivity index (χ1) is 17.4. The maximum atomic E-state index is 13.1. The lowest BCUT2D eigenvalue weighted by Crippen LogP contribution is -2.41. The maximum absolute atomic E-state index is 13.1. The van der Waals surface area contributed by atoms with E-state index in [4.69, 9.17) is 25.8 Å². The number of aryl methyl sites for hydroxylation is 1. The number of hydrogen-bond donors (Lipinski definition) is 1. The van der Waals surface area contributed by atoms with Crippen LogP contribution in [0.15, 0.2) is 36.4 Å². The van der Waals surface area contributed by atoms with Gasteiger partial charge in [0, 0.05) is 43.6 Å². The number of amides is 2. The number of methoxy groups -OCH3 is 2. The largest absolute Gasteiger partial charge is 0.488 e. The zero-order valence-corrected chi connectivity index (χ0v) is 21.8. The molecule has 0 radical (unpaired) electrons. The summed E-state index contributed by atoms with van der Waals surface area (Å²) in [6, 6.07) is 10.8. The molecule has 1 N–H and O–H groups in total. The van der Waals surface area contributed by atoms with Crippen molar-refractivity contribution < 1.29 is 23.8 Å². The van der Waals surface area contributed by atoms with Crippen LogP contribution in [0.25, 0.3) is 10.6 Å². The van der Waals surface area contributed by atoms with Gasteiger partial charge < -0.3 is 24.4 Å². The minimum Gasteiger partial charge on any atom is -0.488 e. The molecule has 0 atom stereocenters. The number of aromatic nitrogens is 2. The number of piperidine rings is 1. The molecule has 190 valence electrons. The highest BCUT2D eigenvalue weighted by Crippen LogP contribution is 2.37. The molecule has 1 aromatic carbocycles. The first-order valence-corrected chi connectivity index (χ1v) is 12.6. The van der Waals surface area contributed by atoms with E-state index in [0.717, 1.165) is 16.1 Å². The maximum Gasteiger partial charge on any atom is 0.409 e.